The molecule has 1 fully saturated rings. The molecule has 18 heavy (non-hydrogen) atoms. The van der Waals surface area contributed by atoms with Gasteiger partial charge in [-0.05, 0) is 43.9 Å². The largest absolute Gasteiger partial charge is 0.494 e. The molecule has 0 atom stereocenters. The maximum atomic E-state index is 11.7. The van der Waals surface area contributed by atoms with Gasteiger partial charge < -0.3 is 15.8 Å². The van der Waals surface area contributed by atoms with E-state index in [1.165, 1.54) is 0 Å². The fraction of sp³-hybridized carbons (Fsp3) is 0.500. The minimum atomic E-state index is -0.597. The third-order valence-electron chi connectivity index (χ3n) is 3.23. The van der Waals surface area contributed by atoms with Gasteiger partial charge in [0.25, 0.3) is 0 Å². The van der Waals surface area contributed by atoms with Crippen LogP contribution in [-0.2, 0) is 11.3 Å². The highest BCUT2D eigenvalue weighted by Gasteiger charge is 2.45. The highest BCUT2D eigenvalue weighted by Crippen LogP contribution is 2.32. The average Bonchev–Trinajstić information content (AvgIpc) is 3.09. The predicted molar refractivity (Wildman–Crippen MR) is 70.3 cm³/mol. The van der Waals surface area contributed by atoms with E-state index < -0.39 is 5.54 Å². The van der Waals surface area contributed by atoms with Crippen molar-refractivity contribution in [1.82, 2.24) is 5.32 Å². The summed E-state index contributed by atoms with van der Waals surface area (Å²) in [6.45, 7) is 5.14. The summed E-state index contributed by atoms with van der Waals surface area (Å²) in [5.74, 6) is 0.846. The Morgan fingerprint density at radius 2 is 2.22 bits per heavy atom. The second kappa shape index (κ2) is 4.98. The Balaban J connectivity index is 1.93. The molecule has 1 saturated carbocycles. The molecule has 0 unspecified atom stereocenters. The quantitative estimate of drug-likeness (QED) is 0.830. The van der Waals surface area contributed by atoms with Crippen molar-refractivity contribution in [2.75, 3.05) is 6.61 Å². The Hall–Kier alpha value is -1.55. The molecule has 98 valence electrons. The van der Waals surface area contributed by atoms with E-state index in [0.29, 0.717) is 13.2 Å². The summed E-state index contributed by atoms with van der Waals surface area (Å²) in [7, 11) is 0. The smallest absolute Gasteiger partial charge is 0.240 e. The highest BCUT2D eigenvalue weighted by molar-refractivity contribution is 5.88. The monoisotopic (exact) mass is 248 g/mol. The van der Waals surface area contributed by atoms with Gasteiger partial charge in [0.2, 0.25) is 5.91 Å². The van der Waals surface area contributed by atoms with Crippen LogP contribution < -0.4 is 15.8 Å². The normalized spacial score (nSPS) is 16.2. The van der Waals surface area contributed by atoms with E-state index in [1.807, 2.05) is 32.0 Å². The molecule has 4 heteroatoms. The lowest BCUT2D eigenvalue weighted by Gasteiger charge is -2.12. The maximum absolute atomic E-state index is 11.7. The number of nitrogens with one attached hydrogen (secondary N) is 1. The van der Waals surface area contributed by atoms with E-state index >= 15 is 0 Å². The van der Waals surface area contributed by atoms with Crippen molar-refractivity contribution in [3.05, 3.63) is 29.3 Å². The molecule has 0 heterocycles. The standard InChI is InChI=1S/C14H20N2O2/c1-3-18-12-5-4-11(8-10(12)2)9-16-13(17)14(15)6-7-14/h4-5,8H,3,6-7,9,15H2,1-2H3,(H,16,17). The second-order valence-electron chi connectivity index (χ2n) is 4.87. The first-order valence-electron chi connectivity index (χ1n) is 6.34. The molecule has 0 saturated heterocycles. The average molecular weight is 248 g/mol. The minimum absolute atomic E-state index is 0.0472. The molecule has 1 aromatic carbocycles. The summed E-state index contributed by atoms with van der Waals surface area (Å²) in [6, 6.07) is 5.94. The van der Waals surface area contributed by atoms with Gasteiger partial charge in [0.05, 0.1) is 12.1 Å². The Kier molecular flexibility index (Phi) is 3.57. The number of hydrogen-bond acceptors (Lipinski definition) is 3. The molecule has 0 aromatic heterocycles. The number of ether oxygens (including phenoxy) is 1. The number of aryl methyl sites for hydroxylation is 1. The summed E-state index contributed by atoms with van der Waals surface area (Å²) >= 11 is 0. The number of carbonyl (C=O) groups excluding carboxylic acids is 1. The van der Waals surface area contributed by atoms with Crippen LogP contribution in [0.25, 0.3) is 0 Å². The molecule has 1 amide bonds. The summed E-state index contributed by atoms with van der Waals surface area (Å²) in [4.78, 5) is 11.7. The first-order valence-corrected chi connectivity index (χ1v) is 6.34. The molecule has 3 N–H and O–H groups in total. The molecule has 1 aliphatic carbocycles. The van der Waals surface area contributed by atoms with Gasteiger partial charge in [0.15, 0.2) is 0 Å². The van der Waals surface area contributed by atoms with Gasteiger partial charge in [-0.2, -0.15) is 0 Å². The number of hydrogen-bond donors (Lipinski definition) is 2. The lowest BCUT2D eigenvalue weighted by Crippen LogP contribution is -2.42. The molecule has 0 radical (unpaired) electrons. The van der Waals surface area contributed by atoms with E-state index in [4.69, 9.17) is 10.5 Å². The molecule has 2 rings (SSSR count). The minimum Gasteiger partial charge on any atom is -0.494 e. The van der Waals surface area contributed by atoms with E-state index in [9.17, 15) is 4.79 Å². The van der Waals surface area contributed by atoms with Crippen LogP contribution in [0.1, 0.15) is 30.9 Å². The van der Waals surface area contributed by atoms with Crippen molar-refractivity contribution in [2.24, 2.45) is 5.73 Å². The van der Waals surface area contributed by atoms with Crippen LogP contribution >= 0.6 is 0 Å². The topological polar surface area (TPSA) is 64.3 Å². The van der Waals surface area contributed by atoms with Crippen LogP contribution in [0, 0.1) is 6.92 Å². The Morgan fingerprint density at radius 1 is 1.50 bits per heavy atom. The third kappa shape index (κ3) is 2.82. The van der Waals surface area contributed by atoms with E-state index in [2.05, 4.69) is 5.32 Å². The first kappa shape index (κ1) is 12.9. The number of benzene rings is 1. The van der Waals surface area contributed by atoms with Crippen LogP contribution in [0.2, 0.25) is 0 Å². The predicted octanol–water partition coefficient (Wildman–Crippen LogP) is 1.50. The van der Waals surface area contributed by atoms with Crippen molar-refractivity contribution in [1.29, 1.82) is 0 Å². The van der Waals surface area contributed by atoms with Crippen LogP contribution in [0.3, 0.4) is 0 Å². The fourth-order valence-corrected chi connectivity index (χ4v) is 1.86. The van der Waals surface area contributed by atoms with Crippen molar-refractivity contribution in [3.8, 4) is 5.75 Å². The second-order valence-corrected chi connectivity index (χ2v) is 4.87. The van der Waals surface area contributed by atoms with Crippen LogP contribution in [0.15, 0.2) is 18.2 Å². The molecule has 0 bridgehead atoms. The molecular formula is C14H20N2O2. The summed E-state index contributed by atoms with van der Waals surface area (Å²) in [5, 5.41) is 2.88. The summed E-state index contributed by atoms with van der Waals surface area (Å²) in [5.41, 5.74) is 7.36. The number of rotatable bonds is 5. The maximum Gasteiger partial charge on any atom is 0.240 e. The summed E-state index contributed by atoms with van der Waals surface area (Å²) < 4.78 is 5.47. The van der Waals surface area contributed by atoms with Gasteiger partial charge in [-0.1, -0.05) is 12.1 Å². The summed E-state index contributed by atoms with van der Waals surface area (Å²) in [6.07, 6.45) is 1.59. The van der Waals surface area contributed by atoms with Gasteiger partial charge >= 0.3 is 0 Å². The zero-order valence-electron chi connectivity index (χ0n) is 11.0. The first-order chi connectivity index (χ1) is 8.55. The van der Waals surface area contributed by atoms with Gasteiger partial charge in [-0.15, -0.1) is 0 Å². The van der Waals surface area contributed by atoms with Crippen molar-refractivity contribution in [3.63, 3.8) is 0 Å². The van der Waals surface area contributed by atoms with E-state index in [0.717, 1.165) is 29.7 Å². The molecule has 1 aliphatic rings. The molecular weight excluding hydrogens is 228 g/mol. The van der Waals surface area contributed by atoms with Gasteiger partial charge in [0, 0.05) is 6.54 Å². The number of amides is 1. The fourth-order valence-electron chi connectivity index (χ4n) is 1.86. The number of carbonyl (C=O) groups is 1. The van der Waals surface area contributed by atoms with Gasteiger partial charge in [0.1, 0.15) is 5.75 Å². The lowest BCUT2D eigenvalue weighted by molar-refractivity contribution is -0.123. The lowest BCUT2D eigenvalue weighted by atomic mass is 10.1. The van der Waals surface area contributed by atoms with Crippen molar-refractivity contribution < 1.29 is 9.53 Å². The van der Waals surface area contributed by atoms with Gasteiger partial charge in [-0.25, -0.2) is 0 Å². The molecule has 0 spiro atoms. The van der Waals surface area contributed by atoms with Crippen LogP contribution in [0.4, 0.5) is 0 Å². The Labute approximate surface area is 108 Å². The van der Waals surface area contributed by atoms with E-state index in [-0.39, 0.29) is 5.91 Å². The van der Waals surface area contributed by atoms with E-state index in [1.54, 1.807) is 0 Å². The van der Waals surface area contributed by atoms with Crippen LogP contribution in [0.5, 0.6) is 5.75 Å². The van der Waals surface area contributed by atoms with Gasteiger partial charge in [-0.3, -0.25) is 4.79 Å². The Morgan fingerprint density at radius 3 is 2.78 bits per heavy atom. The SMILES string of the molecule is CCOc1ccc(CNC(=O)C2(N)CC2)cc1C. The van der Waals surface area contributed by atoms with Crippen molar-refractivity contribution >= 4 is 5.91 Å². The zero-order valence-corrected chi connectivity index (χ0v) is 11.0. The Bertz CT molecular complexity index is 453. The molecule has 4 nitrogen and oxygen atoms in total. The molecule has 0 aliphatic heterocycles. The molecule has 1 aromatic rings. The highest BCUT2D eigenvalue weighted by atomic mass is 16.5. The third-order valence-corrected chi connectivity index (χ3v) is 3.23. The van der Waals surface area contributed by atoms with Crippen molar-refractivity contribution in [2.45, 2.75) is 38.8 Å². The van der Waals surface area contributed by atoms with Crippen LogP contribution in [-0.4, -0.2) is 18.1 Å². The zero-order chi connectivity index (χ0) is 13.2. The number of nitrogens with two attached hydrogens (primary N) is 1.